The Labute approximate surface area is 154 Å². The van der Waals surface area contributed by atoms with Crippen molar-refractivity contribution in [2.24, 2.45) is 0 Å². The molecule has 1 nitrogen and oxygen atoms in total. The van der Waals surface area contributed by atoms with Crippen LogP contribution in [0.25, 0.3) is 0 Å². The van der Waals surface area contributed by atoms with Gasteiger partial charge in [0.15, 0.2) is 5.78 Å². The number of ketones is 1. The molecule has 0 aliphatic carbocycles. The highest BCUT2D eigenvalue weighted by atomic mass is 32.4. The van der Waals surface area contributed by atoms with E-state index in [-0.39, 0.29) is 5.78 Å². The highest BCUT2D eigenvalue weighted by Crippen LogP contribution is 2.57. The van der Waals surface area contributed by atoms with Crippen LogP contribution in [0.2, 0.25) is 0 Å². The van der Waals surface area contributed by atoms with E-state index < -0.39 is 11.2 Å². The first-order valence-electron chi connectivity index (χ1n) is 8.29. The van der Waals surface area contributed by atoms with Crippen molar-refractivity contribution in [1.82, 2.24) is 0 Å². The highest BCUT2D eigenvalue weighted by molar-refractivity contribution is 8.23. The SMILES string of the molecule is CC(C)(C(=O)c1ccccc1)P(=S)(c1ccccc1)c1ccccc1. The molecule has 0 saturated carbocycles. The monoisotopic (exact) mass is 364 g/mol. The van der Waals surface area contributed by atoms with Gasteiger partial charge in [-0.15, -0.1) is 0 Å². The van der Waals surface area contributed by atoms with Crippen molar-refractivity contribution < 1.29 is 4.79 Å². The fourth-order valence-corrected chi connectivity index (χ4v) is 7.32. The molecule has 0 spiro atoms. The zero-order valence-corrected chi connectivity index (χ0v) is 16.1. The minimum Gasteiger partial charge on any atom is -0.293 e. The molecule has 3 aromatic carbocycles. The molecule has 0 aliphatic rings. The Bertz CT molecular complexity index is 859. The molecule has 0 bridgehead atoms. The highest BCUT2D eigenvalue weighted by Gasteiger charge is 2.44. The second-order valence-corrected chi connectivity index (χ2v) is 11.5. The van der Waals surface area contributed by atoms with Crippen molar-refractivity contribution in [2.75, 3.05) is 0 Å². The van der Waals surface area contributed by atoms with E-state index in [1.54, 1.807) is 0 Å². The third kappa shape index (κ3) is 3.13. The predicted octanol–water partition coefficient (Wildman–Crippen LogP) is 4.78. The van der Waals surface area contributed by atoms with E-state index in [4.69, 9.17) is 11.8 Å². The summed E-state index contributed by atoms with van der Waals surface area (Å²) in [5.74, 6) is 0.101. The summed E-state index contributed by atoms with van der Waals surface area (Å²) < 4.78 is 0. The molecule has 0 atom stereocenters. The van der Waals surface area contributed by atoms with Crippen LogP contribution >= 0.6 is 6.04 Å². The number of Topliss-reactive ketones (excluding diaryl/α,β-unsaturated/α-hetero) is 1. The Kier molecular flexibility index (Phi) is 5.03. The van der Waals surface area contributed by atoms with Gasteiger partial charge >= 0.3 is 0 Å². The largest absolute Gasteiger partial charge is 0.293 e. The first-order valence-corrected chi connectivity index (χ1v) is 11.1. The van der Waals surface area contributed by atoms with Gasteiger partial charge in [-0.1, -0.05) is 103 Å². The van der Waals surface area contributed by atoms with Gasteiger partial charge < -0.3 is 0 Å². The minimum atomic E-state index is -2.36. The van der Waals surface area contributed by atoms with E-state index in [1.807, 2.05) is 80.6 Å². The fraction of sp³-hybridized carbons (Fsp3) is 0.136. The number of hydrogen-bond acceptors (Lipinski definition) is 2. The van der Waals surface area contributed by atoms with Crippen molar-refractivity contribution in [3.63, 3.8) is 0 Å². The molecule has 0 fully saturated rings. The molecule has 0 amide bonds. The summed E-state index contributed by atoms with van der Waals surface area (Å²) in [6, 6.07) is 27.3. The van der Waals surface area contributed by atoms with E-state index in [2.05, 4.69) is 24.3 Å². The number of hydrogen-bond donors (Lipinski definition) is 0. The molecule has 0 saturated heterocycles. The summed E-state index contributed by atoms with van der Waals surface area (Å²) in [6.45, 7) is 4.01. The van der Waals surface area contributed by atoms with Gasteiger partial charge in [-0.25, -0.2) is 0 Å². The zero-order valence-electron chi connectivity index (χ0n) is 14.4. The van der Waals surface area contributed by atoms with Crippen LogP contribution in [0.4, 0.5) is 0 Å². The molecule has 3 rings (SSSR count). The molecule has 0 heterocycles. The Morgan fingerprint density at radius 3 is 1.48 bits per heavy atom. The maximum absolute atomic E-state index is 13.4. The van der Waals surface area contributed by atoms with Gasteiger partial charge in [0.25, 0.3) is 0 Å². The van der Waals surface area contributed by atoms with Gasteiger partial charge in [0.05, 0.1) is 5.16 Å². The van der Waals surface area contributed by atoms with Gasteiger partial charge in [-0.3, -0.25) is 4.79 Å². The number of rotatable bonds is 5. The lowest BCUT2D eigenvalue weighted by Gasteiger charge is -2.38. The van der Waals surface area contributed by atoms with Crippen molar-refractivity contribution in [3.05, 3.63) is 96.6 Å². The first-order chi connectivity index (χ1) is 12.0. The summed E-state index contributed by atoms with van der Waals surface area (Å²) in [5.41, 5.74) is 0.716. The van der Waals surface area contributed by atoms with Crippen LogP contribution in [-0.4, -0.2) is 10.9 Å². The van der Waals surface area contributed by atoms with E-state index in [0.717, 1.165) is 10.6 Å². The van der Waals surface area contributed by atoms with Crippen LogP contribution in [0.5, 0.6) is 0 Å². The smallest absolute Gasteiger partial charge is 0.174 e. The van der Waals surface area contributed by atoms with Crippen LogP contribution in [-0.2, 0) is 11.8 Å². The summed E-state index contributed by atoms with van der Waals surface area (Å²) in [5, 5.41) is 1.46. The molecule has 3 aromatic rings. The van der Waals surface area contributed by atoms with E-state index in [9.17, 15) is 4.79 Å². The molecule has 0 radical (unpaired) electrons. The third-order valence-corrected chi connectivity index (χ3v) is 11.1. The lowest BCUT2D eigenvalue weighted by atomic mass is 10.0. The normalized spacial score (nSPS) is 11.9. The summed E-state index contributed by atoms with van der Waals surface area (Å²) >= 11 is 6.34. The zero-order chi connectivity index (χ0) is 17.9. The van der Waals surface area contributed by atoms with Crippen LogP contribution in [0.15, 0.2) is 91.0 Å². The molecule has 3 heteroatoms. The average molecular weight is 364 g/mol. The molecule has 25 heavy (non-hydrogen) atoms. The Morgan fingerprint density at radius 1 is 0.720 bits per heavy atom. The van der Waals surface area contributed by atoms with Crippen molar-refractivity contribution >= 4 is 34.2 Å². The van der Waals surface area contributed by atoms with Crippen molar-refractivity contribution in [2.45, 2.75) is 19.0 Å². The topological polar surface area (TPSA) is 17.1 Å². The van der Waals surface area contributed by atoms with Crippen LogP contribution in [0.1, 0.15) is 24.2 Å². The standard InChI is InChI=1S/C22H21OPS/c1-22(2,21(23)18-12-6-3-7-13-18)24(25,19-14-8-4-9-15-19)20-16-10-5-11-17-20/h3-17H,1-2H3. The van der Waals surface area contributed by atoms with E-state index in [0.29, 0.717) is 5.56 Å². The summed E-state index contributed by atoms with van der Waals surface area (Å²) in [7, 11) is 0. The number of carbonyl (C=O) groups is 1. The van der Waals surface area contributed by atoms with Gasteiger partial charge in [0, 0.05) is 11.6 Å². The molecular formula is C22H21OPS. The van der Waals surface area contributed by atoms with Gasteiger partial charge in [0.1, 0.15) is 0 Å². The molecule has 0 N–H and O–H groups in total. The predicted molar refractivity (Wildman–Crippen MR) is 111 cm³/mol. The molecular weight excluding hydrogens is 343 g/mol. The average Bonchev–Trinajstić information content (AvgIpc) is 2.68. The number of carbonyl (C=O) groups excluding carboxylic acids is 1. The van der Waals surface area contributed by atoms with Crippen molar-refractivity contribution in [3.8, 4) is 0 Å². The second-order valence-electron chi connectivity index (χ2n) is 6.53. The van der Waals surface area contributed by atoms with Gasteiger partial charge in [-0.2, -0.15) is 0 Å². The lowest BCUT2D eigenvalue weighted by Crippen LogP contribution is -2.39. The maximum atomic E-state index is 13.4. The lowest BCUT2D eigenvalue weighted by molar-refractivity contribution is 0.0956. The molecule has 0 aliphatic heterocycles. The summed E-state index contributed by atoms with van der Waals surface area (Å²) in [6.07, 6.45) is 0. The summed E-state index contributed by atoms with van der Waals surface area (Å²) in [4.78, 5) is 13.4. The van der Waals surface area contributed by atoms with Gasteiger partial charge in [0.2, 0.25) is 0 Å². The Hall–Kier alpha value is -2.02. The van der Waals surface area contributed by atoms with E-state index in [1.165, 1.54) is 0 Å². The second kappa shape index (κ2) is 7.07. The quantitative estimate of drug-likeness (QED) is 0.479. The van der Waals surface area contributed by atoms with E-state index >= 15 is 0 Å². The molecule has 126 valence electrons. The number of benzene rings is 3. The van der Waals surface area contributed by atoms with Crippen LogP contribution in [0.3, 0.4) is 0 Å². The van der Waals surface area contributed by atoms with Gasteiger partial charge in [-0.05, 0) is 24.5 Å². The van der Waals surface area contributed by atoms with Crippen LogP contribution in [0, 0.1) is 0 Å². The van der Waals surface area contributed by atoms with Crippen LogP contribution < -0.4 is 10.6 Å². The molecule has 0 aromatic heterocycles. The Morgan fingerprint density at radius 2 is 1.08 bits per heavy atom. The molecule has 0 unspecified atom stereocenters. The minimum absolute atomic E-state index is 0.101. The first kappa shape index (κ1) is 17.8. The third-order valence-electron chi connectivity index (χ3n) is 4.62. The Balaban J connectivity index is 2.22. The van der Waals surface area contributed by atoms with Crippen molar-refractivity contribution in [1.29, 1.82) is 0 Å². The maximum Gasteiger partial charge on any atom is 0.174 e. The fourth-order valence-electron chi connectivity index (χ4n) is 3.16.